The lowest BCUT2D eigenvalue weighted by Gasteiger charge is -2.07. The highest BCUT2D eigenvalue weighted by atomic mass is 16.4. The van der Waals surface area contributed by atoms with Crippen molar-refractivity contribution in [3.63, 3.8) is 0 Å². The van der Waals surface area contributed by atoms with Gasteiger partial charge in [-0.15, -0.1) is 0 Å². The van der Waals surface area contributed by atoms with E-state index in [1.807, 2.05) is 54.6 Å². The van der Waals surface area contributed by atoms with E-state index < -0.39 is 5.97 Å². The second-order valence-electron chi connectivity index (χ2n) is 5.01. The smallest absolute Gasteiger partial charge is 0.307 e. The summed E-state index contributed by atoms with van der Waals surface area (Å²) in [6, 6.07) is 19.6. The molecule has 0 saturated heterocycles. The topological polar surface area (TPSA) is 61.1 Å². The first-order valence-corrected chi connectivity index (χ1v) is 7.12. The Morgan fingerprint density at radius 2 is 1.77 bits per heavy atom. The molecule has 3 nitrogen and oxygen atoms in total. The molecule has 2 rings (SSSR count). The zero-order valence-corrected chi connectivity index (χ0v) is 12.2. The number of hydrogen-bond acceptors (Lipinski definition) is 2. The molecule has 1 N–H and O–H groups in total. The molecule has 0 aliphatic carbocycles. The molecule has 0 amide bonds. The molecule has 22 heavy (non-hydrogen) atoms. The fourth-order valence-electron chi connectivity index (χ4n) is 2.25. The summed E-state index contributed by atoms with van der Waals surface area (Å²) in [6.07, 6.45) is 3.25. The van der Waals surface area contributed by atoms with Crippen LogP contribution in [0, 0.1) is 11.3 Å². The normalized spacial score (nSPS) is 11.0. The highest BCUT2D eigenvalue weighted by molar-refractivity contribution is 5.81. The summed E-state index contributed by atoms with van der Waals surface area (Å²) in [5.74, 6) is -0.831. The van der Waals surface area contributed by atoms with E-state index in [4.69, 9.17) is 10.4 Å². The van der Waals surface area contributed by atoms with Crippen molar-refractivity contribution >= 4 is 17.6 Å². The third kappa shape index (κ3) is 4.60. The van der Waals surface area contributed by atoms with Gasteiger partial charge in [-0.1, -0.05) is 60.7 Å². The van der Waals surface area contributed by atoms with Crippen LogP contribution in [0.5, 0.6) is 0 Å². The van der Waals surface area contributed by atoms with E-state index in [9.17, 15) is 4.79 Å². The molecule has 0 unspecified atom stereocenters. The molecule has 3 heteroatoms. The summed E-state index contributed by atoms with van der Waals surface area (Å²) in [4.78, 5) is 10.7. The molecule has 0 aromatic heterocycles. The predicted octanol–water partition coefficient (Wildman–Crippen LogP) is 4.16. The van der Waals surface area contributed by atoms with Crippen LogP contribution in [0.25, 0.3) is 11.6 Å². The summed E-state index contributed by atoms with van der Waals surface area (Å²) >= 11 is 0. The van der Waals surface area contributed by atoms with Crippen molar-refractivity contribution in [3.8, 4) is 6.07 Å². The van der Waals surface area contributed by atoms with E-state index in [0.717, 1.165) is 22.3 Å². The SMILES string of the molecule is N#CCCC(=Cc1ccc(CC(=O)O)cc1)c1ccccc1. The molecule has 2 aromatic carbocycles. The molecule has 0 aliphatic heterocycles. The van der Waals surface area contributed by atoms with E-state index in [1.54, 1.807) is 0 Å². The summed E-state index contributed by atoms with van der Waals surface area (Å²) in [7, 11) is 0. The number of benzene rings is 2. The number of nitriles is 1. The van der Waals surface area contributed by atoms with Gasteiger partial charge in [0.2, 0.25) is 0 Å². The quantitative estimate of drug-likeness (QED) is 0.813. The highest BCUT2D eigenvalue weighted by Gasteiger charge is 2.03. The minimum Gasteiger partial charge on any atom is -0.481 e. The Labute approximate surface area is 130 Å². The lowest BCUT2D eigenvalue weighted by molar-refractivity contribution is -0.136. The zero-order chi connectivity index (χ0) is 15.8. The number of allylic oxidation sites excluding steroid dienone is 1. The molecule has 0 aliphatic rings. The van der Waals surface area contributed by atoms with Gasteiger partial charge in [-0.3, -0.25) is 4.79 Å². The highest BCUT2D eigenvalue weighted by Crippen LogP contribution is 2.23. The fourth-order valence-corrected chi connectivity index (χ4v) is 2.25. The van der Waals surface area contributed by atoms with Crippen molar-refractivity contribution in [3.05, 3.63) is 71.3 Å². The summed E-state index contributed by atoms with van der Waals surface area (Å²) in [5, 5.41) is 17.6. The molecule has 0 spiro atoms. The molecule has 0 radical (unpaired) electrons. The van der Waals surface area contributed by atoms with E-state index in [2.05, 4.69) is 12.1 Å². The Morgan fingerprint density at radius 1 is 1.09 bits per heavy atom. The lowest BCUT2D eigenvalue weighted by Crippen LogP contribution is -1.99. The molecular weight excluding hydrogens is 274 g/mol. The maximum atomic E-state index is 10.7. The van der Waals surface area contributed by atoms with Crippen molar-refractivity contribution < 1.29 is 9.90 Å². The first-order chi connectivity index (χ1) is 10.7. The van der Waals surface area contributed by atoms with Crippen LogP contribution in [-0.4, -0.2) is 11.1 Å². The van der Waals surface area contributed by atoms with E-state index in [1.165, 1.54) is 0 Å². The second kappa shape index (κ2) is 7.80. The number of carboxylic acid groups (broad SMARTS) is 1. The van der Waals surface area contributed by atoms with Gasteiger partial charge >= 0.3 is 5.97 Å². The molecular formula is C19H17NO2. The summed E-state index contributed by atoms with van der Waals surface area (Å²) < 4.78 is 0. The van der Waals surface area contributed by atoms with Crippen LogP contribution in [0.15, 0.2) is 54.6 Å². The van der Waals surface area contributed by atoms with Crippen LogP contribution < -0.4 is 0 Å². The summed E-state index contributed by atoms with van der Waals surface area (Å²) in [6.45, 7) is 0. The van der Waals surface area contributed by atoms with Gasteiger partial charge in [0, 0.05) is 6.42 Å². The molecule has 0 fully saturated rings. The maximum absolute atomic E-state index is 10.7. The van der Waals surface area contributed by atoms with Crippen LogP contribution in [0.2, 0.25) is 0 Å². The average molecular weight is 291 g/mol. The van der Waals surface area contributed by atoms with Gasteiger partial charge in [-0.2, -0.15) is 5.26 Å². The Balaban J connectivity index is 2.25. The second-order valence-corrected chi connectivity index (χ2v) is 5.01. The van der Waals surface area contributed by atoms with Crippen molar-refractivity contribution in [2.75, 3.05) is 0 Å². The number of nitrogens with zero attached hydrogens (tertiary/aromatic N) is 1. The number of hydrogen-bond donors (Lipinski definition) is 1. The van der Waals surface area contributed by atoms with Crippen molar-refractivity contribution in [1.29, 1.82) is 5.26 Å². The summed E-state index contributed by atoms with van der Waals surface area (Å²) in [5.41, 5.74) is 3.99. The van der Waals surface area contributed by atoms with Crippen LogP contribution in [0.3, 0.4) is 0 Å². The number of carboxylic acids is 1. The van der Waals surface area contributed by atoms with Crippen LogP contribution in [0.1, 0.15) is 29.5 Å². The minimum atomic E-state index is -0.831. The zero-order valence-electron chi connectivity index (χ0n) is 12.2. The third-order valence-corrected chi connectivity index (χ3v) is 3.33. The standard InChI is InChI=1S/C19H17NO2/c20-12-4-7-18(17-5-2-1-3-6-17)13-15-8-10-16(11-9-15)14-19(21)22/h1-3,5-6,8-11,13H,4,7,14H2,(H,21,22). The van der Waals surface area contributed by atoms with Crippen molar-refractivity contribution in [1.82, 2.24) is 0 Å². The molecule has 0 atom stereocenters. The predicted molar refractivity (Wildman–Crippen MR) is 86.9 cm³/mol. The van der Waals surface area contributed by atoms with E-state index in [-0.39, 0.29) is 6.42 Å². The van der Waals surface area contributed by atoms with E-state index >= 15 is 0 Å². The molecule has 0 heterocycles. The number of rotatable bonds is 6. The largest absolute Gasteiger partial charge is 0.481 e. The minimum absolute atomic E-state index is 0.0317. The first-order valence-electron chi connectivity index (χ1n) is 7.12. The third-order valence-electron chi connectivity index (χ3n) is 3.33. The Bertz CT molecular complexity index is 694. The Hall–Kier alpha value is -2.86. The molecule has 2 aromatic rings. The Kier molecular flexibility index (Phi) is 5.50. The molecule has 110 valence electrons. The van der Waals surface area contributed by atoms with Crippen LogP contribution >= 0.6 is 0 Å². The van der Waals surface area contributed by atoms with Gasteiger partial charge in [0.05, 0.1) is 12.5 Å². The van der Waals surface area contributed by atoms with Crippen LogP contribution in [-0.2, 0) is 11.2 Å². The first kappa shape index (κ1) is 15.5. The van der Waals surface area contributed by atoms with Crippen LogP contribution in [0.4, 0.5) is 0 Å². The molecule has 0 bridgehead atoms. The monoisotopic (exact) mass is 291 g/mol. The van der Waals surface area contributed by atoms with E-state index in [0.29, 0.717) is 12.8 Å². The molecule has 0 saturated carbocycles. The van der Waals surface area contributed by atoms with Gasteiger partial charge in [0.25, 0.3) is 0 Å². The van der Waals surface area contributed by atoms with Crippen molar-refractivity contribution in [2.45, 2.75) is 19.3 Å². The van der Waals surface area contributed by atoms with Gasteiger partial charge in [0.15, 0.2) is 0 Å². The van der Waals surface area contributed by atoms with Gasteiger partial charge in [-0.25, -0.2) is 0 Å². The fraction of sp³-hybridized carbons (Fsp3) is 0.158. The Morgan fingerprint density at radius 3 is 2.36 bits per heavy atom. The number of aliphatic carboxylic acids is 1. The van der Waals surface area contributed by atoms with Gasteiger partial charge in [-0.05, 0) is 28.7 Å². The van der Waals surface area contributed by atoms with Crippen molar-refractivity contribution in [2.24, 2.45) is 0 Å². The number of carbonyl (C=O) groups is 1. The van der Waals surface area contributed by atoms with Gasteiger partial charge in [0.1, 0.15) is 0 Å². The van der Waals surface area contributed by atoms with Gasteiger partial charge < -0.3 is 5.11 Å². The average Bonchev–Trinajstić information content (AvgIpc) is 2.53. The lowest BCUT2D eigenvalue weighted by atomic mass is 9.98. The maximum Gasteiger partial charge on any atom is 0.307 e.